The maximum absolute atomic E-state index is 3.86. The second-order valence-electron chi connectivity index (χ2n) is 3.46. The van der Waals surface area contributed by atoms with Gasteiger partial charge in [-0.1, -0.05) is 27.8 Å². The van der Waals surface area contributed by atoms with Crippen LogP contribution < -0.4 is 5.32 Å². The van der Waals surface area contributed by atoms with Crippen LogP contribution in [-0.4, -0.2) is 19.4 Å². The first-order valence-corrected chi connectivity index (χ1v) is 5.58. The lowest BCUT2D eigenvalue weighted by Gasteiger charge is -1.97. The predicted octanol–water partition coefficient (Wildman–Crippen LogP) is 2.17. The maximum Gasteiger partial charge on any atom is 0.229 e. The highest BCUT2D eigenvalue weighted by molar-refractivity contribution is 7.09. The van der Waals surface area contributed by atoms with E-state index in [1.54, 1.807) is 0 Å². The smallest absolute Gasteiger partial charge is 0.229 e. The molecule has 2 aromatic heterocycles. The third kappa shape index (κ3) is 1.43. The van der Waals surface area contributed by atoms with Crippen LogP contribution in [0.15, 0.2) is 30.5 Å². The molecular weight excluding hydrogens is 222 g/mol. The fourth-order valence-electron chi connectivity index (χ4n) is 1.74. The van der Waals surface area contributed by atoms with Crippen LogP contribution in [-0.2, 0) is 7.05 Å². The molecule has 0 unspecified atom stereocenters. The monoisotopic (exact) mass is 231 g/mol. The van der Waals surface area contributed by atoms with E-state index in [9.17, 15) is 0 Å². The zero-order valence-corrected chi connectivity index (χ0v) is 9.40. The summed E-state index contributed by atoms with van der Waals surface area (Å²) in [5.41, 5.74) is 2.21. The summed E-state index contributed by atoms with van der Waals surface area (Å²) in [5.74, 6) is 0. The van der Waals surface area contributed by atoms with Crippen molar-refractivity contribution in [3.05, 3.63) is 30.5 Å². The number of anilines is 2. The van der Waals surface area contributed by atoms with E-state index in [1.807, 2.05) is 25.4 Å². The molecule has 0 aliphatic heterocycles. The first kappa shape index (κ1) is 9.29. The minimum atomic E-state index is 0.705. The molecule has 1 N–H and O–H groups in total. The number of rotatable bonds is 2. The molecule has 3 aromatic rings. The Morgan fingerprint density at radius 2 is 2.19 bits per heavy atom. The molecule has 2 heterocycles. The van der Waals surface area contributed by atoms with Crippen LogP contribution in [0.5, 0.6) is 0 Å². The first-order valence-electron chi connectivity index (χ1n) is 4.81. The molecule has 0 radical (unpaired) electrons. The lowest BCUT2D eigenvalue weighted by atomic mass is 10.2. The van der Waals surface area contributed by atoms with Gasteiger partial charge in [0, 0.05) is 35.7 Å². The van der Waals surface area contributed by atoms with E-state index in [-0.39, 0.29) is 0 Å². The summed E-state index contributed by atoms with van der Waals surface area (Å²) in [7, 11) is 2.02. The van der Waals surface area contributed by atoms with Crippen molar-refractivity contribution in [2.75, 3.05) is 5.32 Å². The molecule has 5 nitrogen and oxygen atoms in total. The van der Waals surface area contributed by atoms with Gasteiger partial charge in [-0.05, 0) is 11.3 Å². The zero-order valence-electron chi connectivity index (χ0n) is 8.58. The summed E-state index contributed by atoms with van der Waals surface area (Å²) in [5, 5.41) is 12.5. The van der Waals surface area contributed by atoms with Gasteiger partial charge in [-0.2, -0.15) is 0 Å². The van der Waals surface area contributed by atoms with Crippen LogP contribution in [0.3, 0.4) is 0 Å². The number of aromatic nitrogens is 4. The van der Waals surface area contributed by atoms with E-state index in [0.29, 0.717) is 5.13 Å². The molecule has 0 aliphatic carbocycles. The summed E-state index contributed by atoms with van der Waals surface area (Å²) >= 11 is 1.24. The summed E-state index contributed by atoms with van der Waals surface area (Å²) in [6.45, 7) is 0. The van der Waals surface area contributed by atoms with Crippen molar-refractivity contribution in [2.45, 2.75) is 0 Å². The van der Waals surface area contributed by atoms with Gasteiger partial charge < -0.3 is 9.88 Å². The Bertz CT molecular complexity index is 613. The number of benzene rings is 1. The molecule has 6 heteroatoms. The number of aryl methyl sites for hydroxylation is 1. The predicted molar refractivity (Wildman–Crippen MR) is 63.9 cm³/mol. The third-order valence-corrected chi connectivity index (χ3v) is 2.95. The van der Waals surface area contributed by atoms with Gasteiger partial charge in [0.25, 0.3) is 0 Å². The van der Waals surface area contributed by atoms with Gasteiger partial charge in [-0.15, -0.1) is 0 Å². The lowest BCUT2D eigenvalue weighted by Crippen LogP contribution is -1.88. The molecule has 0 fully saturated rings. The van der Waals surface area contributed by atoms with Gasteiger partial charge in [-0.3, -0.25) is 0 Å². The van der Waals surface area contributed by atoms with Crippen molar-refractivity contribution in [1.82, 2.24) is 19.4 Å². The molecule has 3 rings (SSSR count). The second-order valence-corrected chi connectivity index (χ2v) is 4.20. The molecule has 0 spiro atoms. The SMILES string of the molecule is Cn1cc(Nc2nnns2)c2ccccc21. The quantitative estimate of drug-likeness (QED) is 0.734. The standard InChI is InChI=1S/C10H9N5S/c1-15-6-8(11-10-12-13-14-16-10)7-4-2-3-5-9(7)15/h2-6H,1H3,(H,11,12,14). The van der Waals surface area contributed by atoms with Crippen LogP contribution in [0.4, 0.5) is 10.8 Å². The molecule has 16 heavy (non-hydrogen) atoms. The highest BCUT2D eigenvalue weighted by atomic mass is 32.1. The van der Waals surface area contributed by atoms with Crippen LogP contribution in [0, 0.1) is 0 Å². The fraction of sp³-hybridized carbons (Fsp3) is 0.100. The summed E-state index contributed by atoms with van der Waals surface area (Å²) < 4.78 is 5.79. The van der Waals surface area contributed by atoms with Crippen LogP contribution >= 0.6 is 11.5 Å². The topological polar surface area (TPSA) is 55.6 Å². The van der Waals surface area contributed by atoms with Gasteiger partial charge in [-0.25, -0.2) is 0 Å². The van der Waals surface area contributed by atoms with E-state index in [4.69, 9.17) is 0 Å². The van der Waals surface area contributed by atoms with Gasteiger partial charge in [0.2, 0.25) is 5.13 Å². The van der Waals surface area contributed by atoms with Crippen molar-refractivity contribution in [3.8, 4) is 0 Å². The highest BCUT2D eigenvalue weighted by Gasteiger charge is 2.07. The lowest BCUT2D eigenvalue weighted by molar-refractivity contribution is 0.958. The molecule has 80 valence electrons. The average molecular weight is 231 g/mol. The van der Waals surface area contributed by atoms with Crippen LogP contribution in [0.25, 0.3) is 10.9 Å². The van der Waals surface area contributed by atoms with Gasteiger partial charge in [0.05, 0.1) is 5.69 Å². The minimum absolute atomic E-state index is 0.705. The number of hydrogen-bond donors (Lipinski definition) is 1. The van der Waals surface area contributed by atoms with Crippen molar-refractivity contribution >= 4 is 33.3 Å². The second kappa shape index (κ2) is 3.57. The Morgan fingerprint density at radius 3 is 3.00 bits per heavy atom. The van der Waals surface area contributed by atoms with Gasteiger partial charge >= 0.3 is 0 Å². The van der Waals surface area contributed by atoms with Crippen LogP contribution in [0.1, 0.15) is 0 Å². The normalized spacial score (nSPS) is 10.8. The molecule has 0 saturated heterocycles. The molecular formula is C10H9N5S. The molecule has 1 aromatic carbocycles. The van der Waals surface area contributed by atoms with E-state index < -0.39 is 0 Å². The van der Waals surface area contributed by atoms with Gasteiger partial charge in [0.15, 0.2) is 0 Å². The van der Waals surface area contributed by atoms with E-state index in [1.165, 1.54) is 22.4 Å². The summed E-state index contributed by atoms with van der Waals surface area (Å²) in [6, 6.07) is 8.20. The Morgan fingerprint density at radius 1 is 1.31 bits per heavy atom. The average Bonchev–Trinajstić information content (AvgIpc) is 2.90. The van der Waals surface area contributed by atoms with E-state index in [2.05, 4.69) is 36.8 Å². The Hall–Kier alpha value is -1.95. The summed E-state index contributed by atoms with van der Waals surface area (Å²) in [6.07, 6.45) is 2.03. The van der Waals surface area contributed by atoms with Crippen molar-refractivity contribution in [3.63, 3.8) is 0 Å². The van der Waals surface area contributed by atoms with Gasteiger partial charge in [0.1, 0.15) is 0 Å². The molecule has 0 amide bonds. The summed E-state index contributed by atoms with van der Waals surface area (Å²) in [4.78, 5) is 0. The van der Waals surface area contributed by atoms with Crippen molar-refractivity contribution in [2.24, 2.45) is 7.05 Å². The third-order valence-electron chi connectivity index (χ3n) is 2.44. The molecule has 0 saturated carbocycles. The minimum Gasteiger partial charge on any atom is -0.348 e. The Kier molecular flexibility index (Phi) is 2.07. The van der Waals surface area contributed by atoms with E-state index in [0.717, 1.165) is 5.69 Å². The maximum atomic E-state index is 3.86. The molecule has 0 aliphatic rings. The molecule has 0 atom stereocenters. The Labute approximate surface area is 95.9 Å². The fourth-order valence-corrected chi connectivity index (χ4v) is 2.12. The Balaban J connectivity index is 2.10. The zero-order chi connectivity index (χ0) is 11.0. The number of nitrogens with one attached hydrogen (secondary N) is 1. The number of fused-ring (bicyclic) bond motifs is 1. The highest BCUT2D eigenvalue weighted by Crippen LogP contribution is 2.27. The molecule has 0 bridgehead atoms. The van der Waals surface area contributed by atoms with Crippen molar-refractivity contribution < 1.29 is 0 Å². The van der Waals surface area contributed by atoms with E-state index >= 15 is 0 Å². The largest absolute Gasteiger partial charge is 0.348 e. The first-order chi connectivity index (χ1) is 7.84. The van der Waals surface area contributed by atoms with Crippen molar-refractivity contribution in [1.29, 1.82) is 0 Å². The number of nitrogens with zero attached hydrogens (tertiary/aromatic N) is 4. The van der Waals surface area contributed by atoms with Crippen LogP contribution in [0.2, 0.25) is 0 Å². The number of hydrogen-bond acceptors (Lipinski definition) is 5. The number of para-hydroxylation sites is 1.